The number of imidazole rings is 1. The molecule has 2 aromatic carbocycles. The van der Waals surface area contributed by atoms with Crippen LogP contribution in [0.4, 0.5) is 8.78 Å². The SMILES string of the molecule is CN(Cc1nc2ccc(F)cc2[nH]1)Cc1cn(C)nc1-c1ccccc1F. The van der Waals surface area contributed by atoms with E-state index in [9.17, 15) is 8.78 Å². The Bertz CT molecular complexity index is 1100. The van der Waals surface area contributed by atoms with E-state index >= 15 is 0 Å². The molecule has 0 aliphatic carbocycles. The summed E-state index contributed by atoms with van der Waals surface area (Å²) in [7, 11) is 3.77. The lowest BCUT2D eigenvalue weighted by Crippen LogP contribution is -2.18. The first kappa shape index (κ1) is 17.4. The molecule has 1 N–H and O–H groups in total. The van der Waals surface area contributed by atoms with Crippen molar-refractivity contribution >= 4 is 11.0 Å². The summed E-state index contributed by atoms with van der Waals surface area (Å²) in [5, 5.41) is 4.43. The van der Waals surface area contributed by atoms with E-state index < -0.39 is 0 Å². The molecule has 5 nitrogen and oxygen atoms in total. The molecule has 2 aromatic heterocycles. The molecule has 7 heteroatoms. The van der Waals surface area contributed by atoms with Gasteiger partial charge in [-0.1, -0.05) is 12.1 Å². The molecule has 2 heterocycles. The van der Waals surface area contributed by atoms with Gasteiger partial charge in [0, 0.05) is 30.9 Å². The van der Waals surface area contributed by atoms with E-state index in [4.69, 9.17) is 0 Å². The van der Waals surface area contributed by atoms with Gasteiger partial charge in [0.15, 0.2) is 0 Å². The number of H-pyrrole nitrogens is 1. The summed E-state index contributed by atoms with van der Waals surface area (Å²) in [6.07, 6.45) is 1.90. The smallest absolute Gasteiger partial charge is 0.132 e. The molecule has 0 aliphatic rings. The minimum atomic E-state index is -0.295. The molecular formula is C20H19F2N5. The van der Waals surface area contributed by atoms with Crippen LogP contribution in [0.25, 0.3) is 22.3 Å². The lowest BCUT2D eigenvalue weighted by Gasteiger charge is -2.15. The number of hydrogen-bond acceptors (Lipinski definition) is 3. The summed E-state index contributed by atoms with van der Waals surface area (Å²) >= 11 is 0. The number of benzene rings is 2. The van der Waals surface area contributed by atoms with E-state index in [-0.39, 0.29) is 11.6 Å². The van der Waals surface area contributed by atoms with Crippen molar-refractivity contribution in [3.63, 3.8) is 0 Å². The van der Waals surface area contributed by atoms with Crippen LogP contribution in [0.5, 0.6) is 0 Å². The largest absolute Gasteiger partial charge is 0.341 e. The van der Waals surface area contributed by atoms with E-state index in [2.05, 4.69) is 20.0 Å². The summed E-state index contributed by atoms with van der Waals surface area (Å²) < 4.78 is 29.2. The lowest BCUT2D eigenvalue weighted by atomic mass is 10.1. The highest BCUT2D eigenvalue weighted by Crippen LogP contribution is 2.25. The van der Waals surface area contributed by atoms with Crippen LogP contribution >= 0.6 is 0 Å². The maximum absolute atomic E-state index is 14.2. The number of aromatic amines is 1. The third-order valence-corrected chi connectivity index (χ3v) is 4.39. The average Bonchev–Trinajstić information content (AvgIpc) is 3.17. The van der Waals surface area contributed by atoms with Gasteiger partial charge in [-0.15, -0.1) is 0 Å². The maximum Gasteiger partial charge on any atom is 0.132 e. The van der Waals surface area contributed by atoms with Gasteiger partial charge >= 0.3 is 0 Å². The number of aromatic nitrogens is 4. The first-order chi connectivity index (χ1) is 13.0. The van der Waals surface area contributed by atoms with Crippen molar-refractivity contribution in [2.24, 2.45) is 7.05 Å². The molecular weight excluding hydrogens is 348 g/mol. The fourth-order valence-corrected chi connectivity index (χ4v) is 3.25. The van der Waals surface area contributed by atoms with Crippen LogP contribution in [0.3, 0.4) is 0 Å². The zero-order valence-corrected chi connectivity index (χ0v) is 15.1. The van der Waals surface area contributed by atoms with Crippen LogP contribution in [-0.4, -0.2) is 31.7 Å². The molecule has 0 saturated carbocycles. The molecule has 0 unspecified atom stereocenters. The van der Waals surface area contributed by atoms with Gasteiger partial charge in [0.25, 0.3) is 0 Å². The van der Waals surface area contributed by atoms with Crippen molar-refractivity contribution in [3.8, 4) is 11.3 Å². The molecule has 0 aliphatic heterocycles. The highest BCUT2D eigenvalue weighted by Gasteiger charge is 2.16. The zero-order valence-electron chi connectivity index (χ0n) is 15.1. The Hall–Kier alpha value is -3.06. The molecule has 0 bridgehead atoms. The Morgan fingerprint density at radius 2 is 1.93 bits per heavy atom. The molecule has 138 valence electrons. The summed E-state index contributed by atoms with van der Waals surface area (Å²) in [4.78, 5) is 9.68. The summed E-state index contributed by atoms with van der Waals surface area (Å²) in [6, 6.07) is 11.1. The van der Waals surface area contributed by atoms with Gasteiger partial charge in [-0.3, -0.25) is 9.58 Å². The second-order valence-electron chi connectivity index (χ2n) is 6.67. The third-order valence-electron chi connectivity index (χ3n) is 4.39. The predicted octanol–water partition coefficient (Wildman–Crippen LogP) is 3.87. The van der Waals surface area contributed by atoms with Crippen LogP contribution in [0.2, 0.25) is 0 Å². The highest BCUT2D eigenvalue weighted by molar-refractivity contribution is 5.74. The summed E-state index contributed by atoms with van der Waals surface area (Å²) in [5.41, 5.74) is 3.45. The van der Waals surface area contributed by atoms with E-state index in [0.717, 1.165) is 16.9 Å². The van der Waals surface area contributed by atoms with Gasteiger partial charge in [0.1, 0.15) is 17.5 Å². The zero-order chi connectivity index (χ0) is 19.0. The number of halogens is 2. The quantitative estimate of drug-likeness (QED) is 0.582. The molecule has 0 saturated heterocycles. The Kier molecular flexibility index (Phi) is 4.45. The van der Waals surface area contributed by atoms with E-state index in [0.29, 0.717) is 29.9 Å². The molecule has 0 amide bonds. The number of nitrogens with zero attached hydrogens (tertiary/aromatic N) is 4. The van der Waals surface area contributed by atoms with Crippen LogP contribution in [0, 0.1) is 11.6 Å². The van der Waals surface area contributed by atoms with Gasteiger partial charge in [-0.25, -0.2) is 13.8 Å². The van der Waals surface area contributed by atoms with Crippen molar-refractivity contribution in [2.75, 3.05) is 7.05 Å². The fraction of sp³-hybridized carbons (Fsp3) is 0.200. The van der Waals surface area contributed by atoms with Crippen molar-refractivity contribution in [1.29, 1.82) is 0 Å². The molecule has 4 rings (SSSR count). The average molecular weight is 367 g/mol. The molecule has 27 heavy (non-hydrogen) atoms. The van der Waals surface area contributed by atoms with Crippen LogP contribution in [0.15, 0.2) is 48.7 Å². The molecule has 4 aromatic rings. The van der Waals surface area contributed by atoms with Gasteiger partial charge in [-0.05, 0) is 37.4 Å². The van der Waals surface area contributed by atoms with Crippen LogP contribution in [-0.2, 0) is 20.1 Å². The minimum Gasteiger partial charge on any atom is -0.341 e. The fourth-order valence-electron chi connectivity index (χ4n) is 3.25. The second-order valence-corrected chi connectivity index (χ2v) is 6.67. The van der Waals surface area contributed by atoms with E-state index in [1.807, 2.05) is 20.3 Å². The van der Waals surface area contributed by atoms with Crippen molar-refractivity contribution in [2.45, 2.75) is 13.1 Å². The maximum atomic E-state index is 14.2. The van der Waals surface area contributed by atoms with Gasteiger partial charge < -0.3 is 4.98 Å². The summed E-state index contributed by atoms with van der Waals surface area (Å²) in [6.45, 7) is 1.12. The van der Waals surface area contributed by atoms with Gasteiger partial charge in [0.2, 0.25) is 0 Å². The van der Waals surface area contributed by atoms with Crippen molar-refractivity contribution in [1.82, 2.24) is 24.6 Å². The third kappa shape index (κ3) is 3.59. The number of hydrogen-bond donors (Lipinski definition) is 1. The first-order valence-corrected chi connectivity index (χ1v) is 8.60. The lowest BCUT2D eigenvalue weighted by molar-refractivity contribution is 0.312. The van der Waals surface area contributed by atoms with Crippen LogP contribution in [0.1, 0.15) is 11.4 Å². The number of fused-ring (bicyclic) bond motifs is 1. The molecule has 0 atom stereocenters. The number of aryl methyl sites for hydroxylation is 1. The minimum absolute atomic E-state index is 0.292. The monoisotopic (exact) mass is 367 g/mol. The normalized spacial score (nSPS) is 11.6. The highest BCUT2D eigenvalue weighted by atomic mass is 19.1. The summed E-state index contributed by atoms with van der Waals surface area (Å²) in [5.74, 6) is 0.157. The number of rotatable bonds is 5. The Labute approximate surface area is 155 Å². The Morgan fingerprint density at radius 1 is 1.11 bits per heavy atom. The van der Waals surface area contributed by atoms with E-state index in [1.54, 1.807) is 28.9 Å². The first-order valence-electron chi connectivity index (χ1n) is 8.60. The van der Waals surface area contributed by atoms with E-state index in [1.165, 1.54) is 18.2 Å². The van der Waals surface area contributed by atoms with Crippen molar-refractivity contribution < 1.29 is 8.78 Å². The van der Waals surface area contributed by atoms with Gasteiger partial charge in [0.05, 0.1) is 23.3 Å². The topological polar surface area (TPSA) is 49.7 Å². The number of nitrogens with one attached hydrogen (secondary N) is 1. The standard InChI is InChI=1S/C20H19F2N5/c1-26(12-19-23-17-8-7-14(21)9-18(17)24-19)10-13-11-27(2)25-20(13)15-5-3-4-6-16(15)22/h3-9,11H,10,12H2,1-2H3,(H,23,24). The molecule has 0 spiro atoms. The van der Waals surface area contributed by atoms with Crippen molar-refractivity contribution in [3.05, 3.63) is 71.7 Å². The second kappa shape index (κ2) is 6.92. The molecule has 0 fully saturated rings. The van der Waals surface area contributed by atoms with Gasteiger partial charge in [-0.2, -0.15) is 5.10 Å². The molecule has 0 radical (unpaired) electrons. The van der Waals surface area contributed by atoms with Crippen LogP contribution < -0.4 is 0 Å². The predicted molar refractivity (Wildman–Crippen MR) is 99.8 cm³/mol. The Balaban J connectivity index is 1.56. The Morgan fingerprint density at radius 3 is 2.74 bits per heavy atom.